The highest BCUT2D eigenvalue weighted by Gasteiger charge is 2.21. The van der Waals surface area contributed by atoms with Crippen LogP contribution in [0.4, 0.5) is 4.79 Å². The van der Waals surface area contributed by atoms with Gasteiger partial charge in [0.05, 0.1) is 5.69 Å². The lowest BCUT2D eigenvalue weighted by molar-refractivity contribution is 0.184. The molecule has 1 aromatic heterocycles. The summed E-state index contributed by atoms with van der Waals surface area (Å²) < 4.78 is 0. The van der Waals surface area contributed by atoms with E-state index in [4.69, 9.17) is 0 Å². The lowest BCUT2D eigenvalue weighted by Gasteiger charge is -2.32. The minimum absolute atomic E-state index is 0.0347. The normalized spacial score (nSPS) is 18.2. The van der Waals surface area contributed by atoms with Crippen molar-refractivity contribution in [3.8, 4) is 0 Å². The van der Waals surface area contributed by atoms with Crippen molar-refractivity contribution >= 4 is 6.03 Å². The van der Waals surface area contributed by atoms with Gasteiger partial charge in [0.2, 0.25) is 0 Å². The summed E-state index contributed by atoms with van der Waals surface area (Å²) in [6.45, 7) is 7.00. The summed E-state index contributed by atoms with van der Waals surface area (Å²) in [7, 11) is 0. The molecule has 2 rings (SSSR count). The Morgan fingerprint density at radius 2 is 2.19 bits per heavy atom. The van der Waals surface area contributed by atoms with Gasteiger partial charge in [-0.25, -0.2) is 4.79 Å². The Bertz CT molecular complexity index is 429. The Hall–Kier alpha value is -1.62. The second-order valence-corrected chi connectivity index (χ2v) is 5.80. The van der Waals surface area contributed by atoms with Crippen LogP contribution >= 0.6 is 0 Å². The van der Waals surface area contributed by atoms with E-state index in [2.05, 4.69) is 33.5 Å². The van der Waals surface area contributed by atoms with Gasteiger partial charge in [-0.1, -0.05) is 13.0 Å². The van der Waals surface area contributed by atoms with E-state index in [-0.39, 0.29) is 18.1 Å². The molecule has 1 unspecified atom stereocenters. The Morgan fingerprint density at radius 1 is 1.43 bits per heavy atom. The van der Waals surface area contributed by atoms with E-state index in [9.17, 15) is 4.79 Å². The monoisotopic (exact) mass is 290 g/mol. The van der Waals surface area contributed by atoms with Crippen molar-refractivity contribution < 1.29 is 4.79 Å². The number of nitrogens with zero attached hydrogens (tertiary/aromatic N) is 2. The maximum atomic E-state index is 11.8. The number of nitrogens with one attached hydrogen (secondary N) is 2. The standard InChI is InChI=1S/C16H26N4O/c1-3-13(2)18-16(21)19-14-7-10-20(11-8-14)12-15-6-4-5-9-17-15/h4-6,9,13-14H,3,7-8,10-12H2,1-2H3,(H2,18,19,21). The van der Waals surface area contributed by atoms with E-state index in [1.165, 1.54) is 0 Å². The SMILES string of the molecule is CCC(C)NC(=O)NC1CCN(Cc2ccccn2)CC1. The van der Waals surface area contributed by atoms with Crippen LogP contribution in [0.25, 0.3) is 0 Å². The van der Waals surface area contributed by atoms with Crippen molar-refractivity contribution in [2.24, 2.45) is 0 Å². The van der Waals surface area contributed by atoms with E-state index < -0.39 is 0 Å². The van der Waals surface area contributed by atoms with Crippen LogP contribution in [0.5, 0.6) is 0 Å². The number of pyridine rings is 1. The third kappa shape index (κ3) is 5.34. The molecule has 116 valence electrons. The number of carbonyl (C=O) groups is 1. The molecule has 1 atom stereocenters. The molecule has 1 aliphatic rings. The molecule has 0 spiro atoms. The minimum atomic E-state index is -0.0347. The number of hydrogen-bond donors (Lipinski definition) is 2. The first kappa shape index (κ1) is 15.8. The number of urea groups is 1. The van der Waals surface area contributed by atoms with Crippen molar-refractivity contribution in [1.29, 1.82) is 0 Å². The van der Waals surface area contributed by atoms with E-state index in [1.54, 1.807) is 0 Å². The molecule has 1 saturated heterocycles. The Morgan fingerprint density at radius 3 is 2.81 bits per heavy atom. The van der Waals surface area contributed by atoms with Crippen LogP contribution in [0.3, 0.4) is 0 Å². The van der Waals surface area contributed by atoms with Gasteiger partial charge in [0.15, 0.2) is 0 Å². The average molecular weight is 290 g/mol. The molecular weight excluding hydrogens is 264 g/mol. The fourth-order valence-electron chi connectivity index (χ4n) is 2.51. The predicted molar refractivity (Wildman–Crippen MR) is 84.0 cm³/mol. The molecule has 0 aromatic carbocycles. The number of hydrogen-bond acceptors (Lipinski definition) is 3. The highest BCUT2D eigenvalue weighted by Crippen LogP contribution is 2.12. The van der Waals surface area contributed by atoms with Crippen LogP contribution in [-0.2, 0) is 6.54 Å². The third-order valence-electron chi connectivity index (χ3n) is 4.02. The van der Waals surface area contributed by atoms with Crippen molar-refractivity contribution in [2.45, 2.75) is 51.7 Å². The van der Waals surface area contributed by atoms with Crippen LogP contribution in [0.15, 0.2) is 24.4 Å². The number of piperidine rings is 1. The zero-order chi connectivity index (χ0) is 15.1. The van der Waals surface area contributed by atoms with Gasteiger partial charge in [-0.15, -0.1) is 0 Å². The zero-order valence-electron chi connectivity index (χ0n) is 13.0. The molecule has 2 heterocycles. The van der Waals surface area contributed by atoms with Gasteiger partial charge in [-0.3, -0.25) is 9.88 Å². The quantitative estimate of drug-likeness (QED) is 0.873. The second-order valence-electron chi connectivity index (χ2n) is 5.80. The number of likely N-dealkylation sites (tertiary alicyclic amines) is 1. The van der Waals surface area contributed by atoms with Crippen LogP contribution in [-0.4, -0.2) is 41.1 Å². The van der Waals surface area contributed by atoms with Crippen molar-refractivity contribution in [2.75, 3.05) is 13.1 Å². The summed E-state index contributed by atoms with van der Waals surface area (Å²) in [6, 6.07) is 6.51. The maximum absolute atomic E-state index is 11.8. The van der Waals surface area contributed by atoms with Crippen molar-refractivity contribution in [1.82, 2.24) is 20.5 Å². The van der Waals surface area contributed by atoms with Crippen LogP contribution in [0.1, 0.15) is 38.8 Å². The summed E-state index contributed by atoms with van der Waals surface area (Å²) in [5.74, 6) is 0. The molecule has 1 aliphatic heterocycles. The van der Waals surface area contributed by atoms with Gasteiger partial charge in [-0.05, 0) is 38.3 Å². The molecule has 0 radical (unpaired) electrons. The predicted octanol–water partition coefficient (Wildman–Crippen LogP) is 2.14. The Balaban J connectivity index is 1.69. The van der Waals surface area contributed by atoms with Gasteiger partial charge >= 0.3 is 6.03 Å². The van der Waals surface area contributed by atoms with E-state index in [0.29, 0.717) is 0 Å². The zero-order valence-corrected chi connectivity index (χ0v) is 13.0. The Kier molecular flexibility index (Phi) is 5.99. The van der Waals surface area contributed by atoms with E-state index in [0.717, 1.165) is 44.6 Å². The van der Waals surface area contributed by atoms with Crippen molar-refractivity contribution in [3.63, 3.8) is 0 Å². The largest absolute Gasteiger partial charge is 0.336 e. The first-order valence-electron chi connectivity index (χ1n) is 7.86. The van der Waals surface area contributed by atoms with Gasteiger partial charge in [-0.2, -0.15) is 0 Å². The second kappa shape index (κ2) is 7.98. The average Bonchev–Trinajstić information content (AvgIpc) is 2.50. The van der Waals surface area contributed by atoms with Crippen LogP contribution < -0.4 is 10.6 Å². The van der Waals surface area contributed by atoms with Gasteiger partial charge in [0.25, 0.3) is 0 Å². The summed E-state index contributed by atoms with van der Waals surface area (Å²) in [6.07, 6.45) is 4.79. The number of carbonyl (C=O) groups excluding carboxylic acids is 1. The summed E-state index contributed by atoms with van der Waals surface area (Å²) >= 11 is 0. The van der Waals surface area contributed by atoms with E-state index >= 15 is 0 Å². The molecule has 2 N–H and O–H groups in total. The number of aromatic nitrogens is 1. The molecule has 1 aromatic rings. The first-order valence-corrected chi connectivity index (χ1v) is 7.86. The first-order chi connectivity index (χ1) is 10.2. The molecule has 5 nitrogen and oxygen atoms in total. The smallest absolute Gasteiger partial charge is 0.315 e. The fraction of sp³-hybridized carbons (Fsp3) is 0.625. The molecular formula is C16H26N4O. The molecule has 0 aliphatic carbocycles. The van der Waals surface area contributed by atoms with Crippen LogP contribution in [0, 0.1) is 0 Å². The summed E-state index contributed by atoms with van der Waals surface area (Å²) in [5.41, 5.74) is 1.11. The number of amides is 2. The summed E-state index contributed by atoms with van der Waals surface area (Å²) in [5, 5.41) is 6.03. The molecule has 1 fully saturated rings. The minimum Gasteiger partial charge on any atom is -0.336 e. The third-order valence-corrected chi connectivity index (χ3v) is 4.02. The molecule has 21 heavy (non-hydrogen) atoms. The van der Waals surface area contributed by atoms with Gasteiger partial charge < -0.3 is 10.6 Å². The molecule has 2 amide bonds. The highest BCUT2D eigenvalue weighted by atomic mass is 16.2. The van der Waals surface area contributed by atoms with E-state index in [1.807, 2.05) is 25.3 Å². The highest BCUT2D eigenvalue weighted by molar-refractivity contribution is 5.74. The topological polar surface area (TPSA) is 57.3 Å². The molecule has 5 heteroatoms. The summed E-state index contributed by atoms with van der Waals surface area (Å²) in [4.78, 5) is 18.6. The Labute approximate surface area is 127 Å². The van der Waals surface area contributed by atoms with Crippen molar-refractivity contribution in [3.05, 3.63) is 30.1 Å². The maximum Gasteiger partial charge on any atom is 0.315 e. The fourth-order valence-corrected chi connectivity index (χ4v) is 2.51. The number of rotatable bonds is 5. The van der Waals surface area contributed by atoms with Gasteiger partial charge in [0, 0.05) is 37.9 Å². The molecule has 0 bridgehead atoms. The van der Waals surface area contributed by atoms with Crippen LogP contribution in [0.2, 0.25) is 0 Å². The molecule has 0 saturated carbocycles. The lowest BCUT2D eigenvalue weighted by atomic mass is 10.0. The van der Waals surface area contributed by atoms with Gasteiger partial charge in [0.1, 0.15) is 0 Å². The lowest BCUT2D eigenvalue weighted by Crippen LogP contribution is -2.49.